The molecule has 1 N–H and O–H groups in total. The zero-order valence-electron chi connectivity index (χ0n) is 7.95. The number of methoxy groups -OCH3 is 1. The van der Waals surface area contributed by atoms with Gasteiger partial charge in [0.2, 0.25) is 0 Å². The number of hydrogen-bond acceptors (Lipinski definition) is 4. The first-order valence-electron chi connectivity index (χ1n) is 4.07. The summed E-state index contributed by atoms with van der Waals surface area (Å²) in [5, 5.41) is 9.13. The molecular formula is C8H18O4. The maximum absolute atomic E-state index is 9.13. The highest BCUT2D eigenvalue weighted by Crippen LogP contribution is 1.94. The van der Waals surface area contributed by atoms with Gasteiger partial charge in [0.25, 0.3) is 0 Å². The topological polar surface area (TPSA) is 47.9 Å². The summed E-state index contributed by atoms with van der Waals surface area (Å²) >= 11 is 0. The molecule has 0 saturated heterocycles. The van der Waals surface area contributed by atoms with Crippen LogP contribution < -0.4 is 0 Å². The van der Waals surface area contributed by atoms with Gasteiger partial charge in [0.05, 0.1) is 25.9 Å². The van der Waals surface area contributed by atoms with Crippen molar-refractivity contribution in [2.24, 2.45) is 0 Å². The predicted octanol–water partition coefficient (Wildman–Crippen LogP) is 0.393. The lowest BCUT2D eigenvalue weighted by atomic mass is 10.5. The second kappa shape index (κ2) is 7.49. The van der Waals surface area contributed by atoms with Gasteiger partial charge in [-0.05, 0) is 13.8 Å². The van der Waals surface area contributed by atoms with Crippen LogP contribution in [0.4, 0.5) is 0 Å². The normalized spacial score (nSPS) is 13.8. The second-order valence-electron chi connectivity index (χ2n) is 2.71. The van der Waals surface area contributed by atoms with Gasteiger partial charge in [-0.1, -0.05) is 0 Å². The van der Waals surface area contributed by atoms with Gasteiger partial charge < -0.3 is 19.3 Å². The molecule has 0 aliphatic rings. The molecule has 1 atom stereocenters. The van der Waals surface area contributed by atoms with Crippen molar-refractivity contribution in [3.63, 3.8) is 0 Å². The molecule has 0 aromatic rings. The van der Waals surface area contributed by atoms with Crippen LogP contribution in [-0.2, 0) is 14.2 Å². The largest absolute Gasteiger partial charge is 0.382 e. The molecule has 1 unspecified atom stereocenters. The number of aliphatic hydroxyl groups excluding tert-OH is 1. The van der Waals surface area contributed by atoms with E-state index in [0.717, 1.165) is 0 Å². The van der Waals surface area contributed by atoms with Crippen LogP contribution in [0, 0.1) is 0 Å². The van der Waals surface area contributed by atoms with Crippen molar-refractivity contribution in [3.8, 4) is 0 Å². The van der Waals surface area contributed by atoms with Crippen LogP contribution in [0.25, 0.3) is 0 Å². The summed E-state index contributed by atoms with van der Waals surface area (Å²) in [6, 6.07) is 0. The average Bonchev–Trinajstić information content (AvgIpc) is 1.97. The van der Waals surface area contributed by atoms with E-state index in [0.29, 0.717) is 13.2 Å². The molecule has 4 heteroatoms. The summed E-state index contributed by atoms with van der Waals surface area (Å²) in [5.41, 5.74) is 0. The van der Waals surface area contributed by atoms with Gasteiger partial charge in [0, 0.05) is 7.11 Å². The van der Waals surface area contributed by atoms with Gasteiger partial charge in [-0.15, -0.1) is 0 Å². The molecule has 0 rings (SSSR count). The molecule has 0 radical (unpaired) electrons. The summed E-state index contributed by atoms with van der Waals surface area (Å²) in [6.07, 6.45) is -0.812. The quantitative estimate of drug-likeness (QED) is 0.452. The van der Waals surface area contributed by atoms with Crippen LogP contribution in [0.2, 0.25) is 0 Å². The lowest BCUT2D eigenvalue weighted by Crippen LogP contribution is -2.23. The van der Waals surface area contributed by atoms with E-state index < -0.39 is 6.29 Å². The highest BCUT2D eigenvalue weighted by Gasteiger charge is 2.05. The van der Waals surface area contributed by atoms with Crippen LogP contribution in [0.5, 0.6) is 0 Å². The number of hydrogen-bond donors (Lipinski definition) is 1. The Bertz CT molecular complexity index is 95.1. The first-order chi connectivity index (χ1) is 5.66. The van der Waals surface area contributed by atoms with Gasteiger partial charge >= 0.3 is 0 Å². The van der Waals surface area contributed by atoms with E-state index in [2.05, 4.69) is 0 Å². The predicted molar refractivity (Wildman–Crippen MR) is 44.9 cm³/mol. The lowest BCUT2D eigenvalue weighted by Gasteiger charge is -2.14. The van der Waals surface area contributed by atoms with Gasteiger partial charge in [0.15, 0.2) is 6.29 Å². The first kappa shape index (κ1) is 11.8. The van der Waals surface area contributed by atoms with Crippen LogP contribution in [0.1, 0.15) is 13.8 Å². The van der Waals surface area contributed by atoms with Crippen molar-refractivity contribution in [1.82, 2.24) is 0 Å². The third kappa shape index (κ3) is 7.94. The Hall–Kier alpha value is -0.160. The van der Waals surface area contributed by atoms with E-state index in [1.807, 2.05) is 13.8 Å². The molecule has 0 aromatic carbocycles. The van der Waals surface area contributed by atoms with Crippen LogP contribution in [0.15, 0.2) is 0 Å². The SMILES string of the molecule is COCCOCC(O)OC(C)C. The molecule has 0 saturated carbocycles. The fourth-order valence-corrected chi connectivity index (χ4v) is 0.680. The summed E-state index contributed by atoms with van der Waals surface area (Å²) in [5.74, 6) is 0. The highest BCUT2D eigenvalue weighted by molar-refractivity contribution is 4.42. The van der Waals surface area contributed by atoms with E-state index in [1.165, 1.54) is 0 Å². The Kier molecular flexibility index (Phi) is 7.39. The number of ether oxygens (including phenoxy) is 3. The zero-order valence-corrected chi connectivity index (χ0v) is 7.95. The van der Waals surface area contributed by atoms with Crippen molar-refractivity contribution >= 4 is 0 Å². The standard InChI is InChI=1S/C8H18O4/c1-7(2)12-8(9)6-11-5-4-10-3/h7-9H,4-6H2,1-3H3. The Morgan fingerprint density at radius 2 is 1.92 bits per heavy atom. The van der Waals surface area contributed by atoms with Crippen molar-refractivity contribution in [1.29, 1.82) is 0 Å². The monoisotopic (exact) mass is 178 g/mol. The van der Waals surface area contributed by atoms with Crippen LogP contribution >= 0.6 is 0 Å². The summed E-state index contributed by atoms with van der Waals surface area (Å²) in [7, 11) is 1.60. The summed E-state index contributed by atoms with van der Waals surface area (Å²) in [4.78, 5) is 0. The minimum absolute atomic E-state index is 0.0195. The minimum atomic E-state index is -0.832. The highest BCUT2D eigenvalue weighted by atomic mass is 16.6. The molecule has 0 heterocycles. The Labute approximate surface area is 73.4 Å². The molecule has 12 heavy (non-hydrogen) atoms. The average molecular weight is 178 g/mol. The van der Waals surface area contributed by atoms with E-state index in [1.54, 1.807) is 7.11 Å². The molecule has 74 valence electrons. The first-order valence-corrected chi connectivity index (χ1v) is 4.07. The molecule has 0 aliphatic heterocycles. The van der Waals surface area contributed by atoms with Crippen LogP contribution in [0.3, 0.4) is 0 Å². The van der Waals surface area contributed by atoms with Gasteiger partial charge in [-0.2, -0.15) is 0 Å². The molecular weight excluding hydrogens is 160 g/mol. The van der Waals surface area contributed by atoms with Crippen molar-refractivity contribution in [2.45, 2.75) is 26.2 Å². The minimum Gasteiger partial charge on any atom is -0.382 e. The number of rotatable bonds is 7. The molecule has 0 amide bonds. The summed E-state index contributed by atoms with van der Waals surface area (Å²) < 4.78 is 14.8. The molecule has 0 aromatic heterocycles. The summed E-state index contributed by atoms with van der Waals surface area (Å²) in [6.45, 7) is 4.93. The maximum atomic E-state index is 9.13. The van der Waals surface area contributed by atoms with Crippen molar-refractivity contribution in [3.05, 3.63) is 0 Å². The van der Waals surface area contributed by atoms with E-state index >= 15 is 0 Å². The van der Waals surface area contributed by atoms with Gasteiger partial charge in [0.1, 0.15) is 0 Å². The molecule has 0 spiro atoms. The second-order valence-corrected chi connectivity index (χ2v) is 2.71. The third-order valence-corrected chi connectivity index (χ3v) is 1.12. The smallest absolute Gasteiger partial charge is 0.178 e. The molecule has 0 bridgehead atoms. The van der Waals surface area contributed by atoms with Crippen molar-refractivity contribution < 1.29 is 19.3 Å². The zero-order chi connectivity index (χ0) is 9.40. The Morgan fingerprint density at radius 1 is 1.25 bits per heavy atom. The Morgan fingerprint density at radius 3 is 2.42 bits per heavy atom. The number of aliphatic hydroxyl groups is 1. The fraction of sp³-hybridized carbons (Fsp3) is 1.00. The van der Waals surface area contributed by atoms with E-state index in [4.69, 9.17) is 19.3 Å². The Balaban J connectivity index is 3.14. The fourth-order valence-electron chi connectivity index (χ4n) is 0.680. The maximum Gasteiger partial charge on any atom is 0.178 e. The lowest BCUT2D eigenvalue weighted by molar-refractivity contribution is -0.159. The van der Waals surface area contributed by atoms with Crippen LogP contribution in [-0.4, -0.2) is 44.4 Å². The van der Waals surface area contributed by atoms with E-state index in [-0.39, 0.29) is 12.7 Å². The molecule has 0 aliphatic carbocycles. The molecule has 4 nitrogen and oxygen atoms in total. The van der Waals surface area contributed by atoms with E-state index in [9.17, 15) is 0 Å². The van der Waals surface area contributed by atoms with Gasteiger partial charge in [-0.3, -0.25) is 0 Å². The van der Waals surface area contributed by atoms with Crippen molar-refractivity contribution in [2.75, 3.05) is 26.9 Å². The third-order valence-electron chi connectivity index (χ3n) is 1.12. The van der Waals surface area contributed by atoms with Gasteiger partial charge in [-0.25, -0.2) is 0 Å². The molecule has 0 fully saturated rings.